The second kappa shape index (κ2) is 11.7. The number of hydrogen-bond donors (Lipinski definition) is 0. The molecule has 45 heavy (non-hydrogen) atoms. The third-order valence-corrected chi connectivity index (χ3v) is 14.3. The van der Waals surface area contributed by atoms with Gasteiger partial charge in [-0.15, -0.1) is 0 Å². The zero-order valence-electron chi connectivity index (χ0n) is 24.4. The summed E-state index contributed by atoms with van der Waals surface area (Å²) >= 11 is 1.77. The van der Waals surface area contributed by atoms with Crippen LogP contribution in [-0.4, -0.2) is 23.0 Å². The highest BCUT2D eigenvalue weighted by atomic mass is 32.2. The molecule has 0 fully saturated rings. The minimum atomic E-state index is -2.60. The smallest absolute Gasteiger partial charge is 0.238 e. The van der Waals surface area contributed by atoms with Crippen molar-refractivity contribution in [2.45, 2.75) is 9.79 Å². The quantitative estimate of drug-likeness (QED) is 0.152. The van der Waals surface area contributed by atoms with E-state index in [0.29, 0.717) is 11.8 Å². The highest BCUT2D eigenvalue weighted by molar-refractivity contribution is 7.99. The normalized spacial score (nSPS) is 12.3. The van der Waals surface area contributed by atoms with Crippen molar-refractivity contribution in [1.82, 2.24) is 15.0 Å². The molecule has 6 heteroatoms. The Morgan fingerprint density at radius 3 is 1.40 bits per heavy atom. The Kier molecular flexibility index (Phi) is 7.06. The van der Waals surface area contributed by atoms with E-state index in [1.165, 1.54) is 30.5 Å². The molecule has 215 valence electrons. The van der Waals surface area contributed by atoms with Crippen molar-refractivity contribution in [3.05, 3.63) is 170 Å². The van der Waals surface area contributed by atoms with Crippen molar-refractivity contribution in [3.8, 4) is 11.4 Å². The first-order chi connectivity index (χ1) is 22.3. The maximum atomic E-state index is 5.04. The van der Waals surface area contributed by atoms with E-state index in [2.05, 4.69) is 179 Å². The number of anilines is 3. The maximum absolute atomic E-state index is 5.04. The van der Waals surface area contributed by atoms with Gasteiger partial charge in [0.05, 0.1) is 11.4 Å². The lowest BCUT2D eigenvalue weighted by molar-refractivity contribution is 0.996. The van der Waals surface area contributed by atoms with Crippen molar-refractivity contribution >= 4 is 57.9 Å². The Bertz CT molecular complexity index is 1950. The number of nitrogens with zero attached hydrogens (tertiary/aromatic N) is 4. The van der Waals surface area contributed by atoms with Crippen LogP contribution < -0.4 is 25.6 Å². The van der Waals surface area contributed by atoms with Crippen LogP contribution in [-0.2, 0) is 0 Å². The summed E-state index contributed by atoms with van der Waals surface area (Å²) in [5, 5.41) is 5.34. The Labute approximate surface area is 268 Å². The van der Waals surface area contributed by atoms with Crippen molar-refractivity contribution in [3.63, 3.8) is 0 Å². The average Bonchev–Trinajstić information content (AvgIpc) is 3.13. The molecule has 0 saturated carbocycles. The SMILES string of the molecule is c1ccc([Si-](c2ccccc2)(c2ccccc2)c2ccc(-c3ncnc(N4c5ccccc5Sc5ccccc54)n3)cc2)cc1. The summed E-state index contributed by atoms with van der Waals surface area (Å²) in [6.07, 6.45) is 1.62. The maximum Gasteiger partial charge on any atom is 0.238 e. The molecule has 1 aliphatic heterocycles. The lowest BCUT2D eigenvalue weighted by Gasteiger charge is -2.47. The predicted molar refractivity (Wildman–Crippen MR) is 188 cm³/mol. The number of benzene rings is 6. The Morgan fingerprint density at radius 2 is 0.889 bits per heavy atom. The summed E-state index contributed by atoms with van der Waals surface area (Å²) in [5.41, 5.74) is 3.09. The van der Waals surface area contributed by atoms with E-state index < -0.39 is 8.07 Å². The van der Waals surface area contributed by atoms with Gasteiger partial charge in [0.25, 0.3) is 0 Å². The topological polar surface area (TPSA) is 41.9 Å². The van der Waals surface area contributed by atoms with Crippen LogP contribution in [0.1, 0.15) is 0 Å². The van der Waals surface area contributed by atoms with Crippen LogP contribution in [0.3, 0.4) is 0 Å². The van der Waals surface area contributed by atoms with Gasteiger partial charge in [-0.2, -0.15) is 25.7 Å². The second-order valence-corrected chi connectivity index (χ2v) is 15.8. The molecule has 0 bridgehead atoms. The van der Waals surface area contributed by atoms with Crippen LogP contribution in [0.15, 0.2) is 180 Å². The van der Waals surface area contributed by atoms with Crippen molar-refractivity contribution in [2.75, 3.05) is 4.90 Å². The molecule has 0 radical (unpaired) electrons. The second-order valence-electron chi connectivity index (χ2n) is 10.9. The summed E-state index contributed by atoms with van der Waals surface area (Å²) < 4.78 is 0. The van der Waals surface area contributed by atoms with Crippen LogP contribution >= 0.6 is 11.8 Å². The molecule has 0 amide bonds. The van der Waals surface area contributed by atoms with Gasteiger partial charge in [-0.25, -0.2) is 9.97 Å². The molecule has 0 unspecified atom stereocenters. The molecule has 0 N–H and O–H groups in total. The van der Waals surface area contributed by atoms with E-state index in [1.807, 2.05) is 0 Å². The third kappa shape index (κ3) is 4.75. The zero-order chi connectivity index (χ0) is 30.1. The van der Waals surface area contributed by atoms with Gasteiger partial charge in [-0.1, -0.05) is 151 Å². The first-order valence-electron chi connectivity index (χ1n) is 14.9. The van der Waals surface area contributed by atoms with Crippen LogP contribution in [0.5, 0.6) is 0 Å². The van der Waals surface area contributed by atoms with Crippen molar-refractivity contribution < 1.29 is 0 Å². The van der Waals surface area contributed by atoms with Gasteiger partial charge < -0.3 is 0 Å². The van der Waals surface area contributed by atoms with Crippen molar-refractivity contribution in [1.29, 1.82) is 0 Å². The summed E-state index contributed by atoms with van der Waals surface area (Å²) in [6, 6.07) is 58.6. The lowest BCUT2D eigenvalue weighted by atomic mass is 10.2. The molecule has 1 aromatic heterocycles. The molecule has 2 heterocycles. The summed E-state index contributed by atoms with van der Waals surface area (Å²) in [7, 11) is -2.60. The number of hydrogen-bond acceptors (Lipinski definition) is 5. The van der Waals surface area contributed by atoms with Gasteiger partial charge in [0.1, 0.15) is 6.33 Å². The molecule has 8 rings (SSSR count). The molecule has 0 aliphatic carbocycles. The van der Waals surface area contributed by atoms with E-state index >= 15 is 0 Å². The van der Waals surface area contributed by atoms with Gasteiger partial charge in [0, 0.05) is 15.4 Å². The molecule has 1 aliphatic rings. The van der Waals surface area contributed by atoms with Gasteiger partial charge in [-0.05, 0) is 32.3 Å². The Balaban J connectivity index is 1.25. The molecule has 7 aromatic rings. The molecular formula is C39H28N4SSi-. The third-order valence-electron chi connectivity index (χ3n) is 8.39. The van der Waals surface area contributed by atoms with Gasteiger partial charge in [0.2, 0.25) is 5.95 Å². The Morgan fingerprint density at radius 1 is 0.444 bits per heavy atom. The van der Waals surface area contributed by atoms with Gasteiger partial charge in [0.15, 0.2) is 5.82 Å². The molecule has 4 nitrogen and oxygen atoms in total. The van der Waals surface area contributed by atoms with E-state index in [4.69, 9.17) is 4.98 Å². The minimum Gasteiger partial charge on any atom is -0.277 e. The van der Waals surface area contributed by atoms with E-state index in [-0.39, 0.29) is 0 Å². The van der Waals surface area contributed by atoms with E-state index in [0.717, 1.165) is 16.9 Å². The molecule has 0 saturated heterocycles. The number of aromatic nitrogens is 3. The van der Waals surface area contributed by atoms with Crippen LogP contribution in [0, 0.1) is 0 Å². The monoisotopic (exact) mass is 612 g/mol. The number of rotatable bonds is 6. The van der Waals surface area contributed by atoms with Crippen LogP contribution in [0.2, 0.25) is 0 Å². The fourth-order valence-electron chi connectivity index (χ4n) is 6.39. The van der Waals surface area contributed by atoms with E-state index in [9.17, 15) is 0 Å². The van der Waals surface area contributed by atoms with Gasteiger partial charge >= 0.3 is 0 Å². The largest absolute Gasteiger partial charge is 0.277 e. The highest BCUT2D eigenvalue weighted by Gasteiger charge is 2.29. The molecular weight excluding hydrogens is 585 g/mol. The summed E-state index contributed by atoms with van der Waals surface area (Å²) in [6.45, 7) is 0. The standard InChI is InChI=1S/C39H28N4SSi/c1-4-14-30(15-5-1)45(31-16-6-2-7-17-31,32-18-8-3-9-19-32)33-26-24-29(25-27-33)38-40-28-41-39(42-38)43-34-20-10-12-22-36(34)44-37-23-13-11-21-35(37)43/h1-28H/q-1. The fourth-order valence-corrected chi connectivity index (χ4v) is 12.2. The van der Waals surface area contributed by atoms with Crippen LogP contribution in [0.25, 0.3) is 11.4 Å². The lowest BCUT2D eigenvalue weighted by Crippen LogP contribution is -2.74. The summed E-state index contributed by atoms with van der Waals surface area (Å²) in [5.74, 6) is 1.25. The van der Waals surface area contributed by atoms with Crippen molar-refractivity contribution in [2.24, 2.45) is 0 Å². The van der Waals surface area contributed by atoms with Crippen LogP contribution in [0.4, 0.5) is 17.3 Å². The first-order valence-corrected chi connectivity index (χ1v) is 17.8. The zero-order valence-corrected chi connectivity index (χ0v) is 26.2. The predicted octanol–water partition coefficient (Wildman–Crippen LogP) is 6.85. The Hall–Kier alpha value is -5.30. The number of fused-ring (bicyclic) bond motifs is 2. The summed E-state index contributed by atoms with van der Waals surface area (Å²) in [4.78, 5) is 18.8. The van der Waals surface area contributed by atoms with E-state index in [1.54, 1.807) is 18.1 Å². The first kappa shape index (κ1) is 27.3. The molecule has 0 spiro atoms. The van der Waals surface area contributed by atoms with Gasteiger partial charge in [-0.3, -0.25) is 4.90 Å². The fraction of sp³-hybridized carbons (Fsp3) is 0. The molecule has 0 atom stereocenters. The number of para-hydroxylation sites is 2. The average molecular weight is 613 g/mol. The minimum absolute atomic E-state index is 0.603. The molecule has 6 aromatic carbocycles. The highest BCUT2D eigenvalue weighted by Crippen LogP contribution is 2.50.